The van der Waals surface area contributed by atoms with Crippen LogP contribution >= 0.6 is 0 Å². The Kier molecular flexibility index (Phi) is 6.96. The summed E-state index contributed by atoms with van der Waals surface area (Å²) in [6.45, 7) is 1.20. The summed E-state index contributed by atoms with van der Waals surface area (Å²) in [5.41, 5.74) is 2.65. The van der Waals surface area contributed by atoms with Gasteiger partial charge in [0.05, 0.1) is 0 Å². The fraction of sp³-hybridized carbons (Fsp3) is 0.167. The van der Waals surface area contributed by atoms with Crippen LogP contribution in [0.15, 0.2) is 88.8 Å². The second-order valence-electron chi connectivity index (χ2n) is 6.66. The third-order valence-corrected chi connectivity index (χ3v) is 4.43. The largest absolute Gasteiger partial charge is 0.507 e. The predicted molar refractivity (Wildman–Crippen MR) is 115 cm³/mol. The van der Waals surface area contributed by atoms with Crippen LogP contribution in [0.2, 0.25) is 0 Å². The Morgan fingerprint density at radius 2 is 1.11 bits per heavy atom. The van der Waals surface area contributed by atoms with E-state index in [1.807, 2.05) is 42.5 Å². The van der Waals surface area contributed by atoms with Crippen molar-refractivity contribution in [2.75, 3.05) is 13.1 Å². The average molecular weight is 372 g/mol. The number of phenols is 2. The van der Waals surface area contributed by atoms with Crippen LogP contribution < -0.4 is 0 Å². The maximum absolute atomic E-state index is 9.87. The highest BCUT2D eigenvalue weighted by atomic mass is 16.3. The molecule has 3 aromatic rings. The van der Waals surface area contributed by atoms with Gasteiger partial charge >= 0.3 is 0 Å². The molecule has 0 heterocycles. The van der Waals surface area contributed by atoms with E-state index in [9.17, 15) is 10.2 Å². The minimum Gasteiger partial charge on any atom is -0.507 e. The maximum atomic E-state index is 9.87. The van der Waals surface area contributed by atoms with Crippen molar-refractivity contribution in [2.45, 2.75) is 6.42 Å². The standard InChI is InChI=1S/C24H24N2O2/c27-23-12-6-4-10-21(23)17-25-15-20(14-19-8-2-1-3-9-19)16-26-18-22-11-5-7-13-24(22)28/h1-13,17-18,20,27-28H,14-16H2. The molecule has 0 aliphatic carbocycles. The molecule has 0 spiro atoms. The van der Waals surface area contributed by atoms with Crippen molar-refractivity contribution in [2.24, 2.45) is 15.9 Å². The van der Waals surface area contributed by atoms with Crippen molar-refractivity contribution < 1.29 is 10.2 Å². The highest BCUT2D eigenvalue weighted by molar-refractivity contribution is 5.83. The molecule has 142 valence electrons. The summed E-state index contributed by atoms with van der Waals surface area (Å²) in [5, 5.41) is 19.7. The summed E-state index contributed by atoms with van der Waals surface area (Å²) in [6.07, 6.45) is 4.27. The number of aliphatic imine (C=N–C) groups is 2. The molecule has 0 radical (unpaired) electrons. The number of nitrogens with zero attached hydrogens (tertiary/aromatic N) is 2. The molecule has 0 amide bonds. The number of aromatic hydroxyl groups is 2. The first-order chi connectivity index (χ1) is 13.7. The van der Waals surface area contributed by atoms with Crippen molar-refractivity contribution >= 4 is 12.4 Å². The molecule has 2 N–H and O–H groups in total. The molecule has 0 fully saturated rings. The summed E-state index contributed by atoms with van der Waals surface area (Å²) in [4.78, 5) is 9.07. The fourth-order valence-electron chi connectivity index (χ4n) is 2.93. The van der Waals surface area contributed by atoms with Gasteiger partial charge in [-0.1, -0.05) is 54.6 Å². The van der Waals surface area contributed by atoms with Crippen LogP contribution in [0.3, 0.4) is 0 Å². The normalized spacial score (nSPS) is 12.6. The van der Waals surface area contributed by atoms with Crippen molar-refractivity contribution in [3.8, 4) is 11.5 Å². The van der Waals surface area contributed by atoms with Gasteiger partial charge < -0.3 is 10.2 Å². The van der Waals surface area contributed by atoms with E-state index in [2.05, 4.69) is 22.1 Å². The highest BCUT2D eigenvalue weighted by Gasteiger charge is 2.09. The van der Waals surface area contributed by atoms with E-state index in [1.165, 1.54) is 5.56 Å². The van der Waals surface area contributed by atoms with Crippen molar-refractivity contribution in [1.29, 1.82) is 0 Å². The average Bonchev–Trinajstić information content (AvgIpc) is 2.71. The van der Waals surface area contributed by atoms with Gasteiger partial charge in [-0.2, -0.15) is 0 Å². The van der Waals surface area contributed by atoms with E-state index in [0.717, 1.165) is 6.42 Å². The Hall–Kier alpha value is -3.40. The molecule has 0 bridgehead atoms. The lowest BCUT2D eigenvalue weighted by molar-refractivity contribution is 0.474. The summed E-state index contributed by atoms with van der Waals surface area (Å²) < 4.78 is 0. The minimum atomic E-state index is 0.214. The molecular formula is C24H24N2O2. The number of rotatable bonds is 8. The van der Waals surface area contributed by atoms with E-state index >= 15 is 0 Å². The number of hydrogen-bond donors (Lipinski definition) is 2. The highest BCUT2D eigenvalue weighted by Crippen LogP contribution is 2.15. The number of benzene rings is 3. The Morgan fingerprint density at radius 1 is 0.643 bits per heavy atom. The van der Waals surface area contributed by atoms with E-state index in [4.69, 9.17) is 0 Å². The molecule has 28 heavy (non-hydrogen) atoms. The second kappa shape index (κ2) is 10.1. The quantitative estimate of drug-likeness (QED) is 0.572. The van der Waals surface area contributed by atoms with Crippen molar-refractivity contribution in [3.63, 3.8) is 0 Å². The molecular weight excluding hydrogens is 348 g/mol. The molecule has 3 aromatic carbocycles. The summed E-state index contributed by atoms with van der Waals surface area (Å²) >= 11 is 0. The third kappa shape index (κ3) is 5.81. The first kappa shape index (κ1) is 19.4. The molecule has 0 saturated heterocycles. The summed E-state index contributed by atoms with van der Waals surface area (Å²) in [6, 6.07) is 24.6. The molecule has 4 nitrogen and oxygen atoms in total. The van der Waals surface area contributed by atoms with Crippen molar-refractivity contribution in [3.05, 3.63) is 95.6 Å². The molecule has 0 aliphatic rings. The molecule has 0 saturated carbocycles. The SMILES string of the molecule is Oc1ccccc1C=NCC(CN=Cc1ccccc1O)Cc1ccccc1. The van der Waals surface area contributed by atoms with Gasteiger partial charge in [0.25, 0.3) is 0 Å². The topological polar surface area (TPSA) is 65.2 Å². The van der Waals surface area contributed by atoms with Crippen LogP contribution in [0, 0.1) is 5.92 Å². The molecule has 4 heteroatoms. The van der Waals surface area contributed by atoms with E-state index in [-0.39, 0.29) is 17.4 Å². The van der Waals surface area contributed by atoms with E-state index < -0.39 is 0 Å². The van der Waals surface area contributed by atoms with Crippen LogP contribution in [-0.2, 0) is 6.42 Å². The van der Waals surface area contributed by atoms with E-state index in [0.29, 0.717) is 24.2 Å². The number of phenolic OH excluding ortho intramolecular Hbond substituents is 2. The van der Waals surface area contributed by atoms with Gasteiger partial charge in [0.1, 0.15) is 11.5 Å². The minimum absolute atomic E-state index is 0.214. The molecule has 0 aromatic heterocycles. The lowest BCUT2D eigenvalue weighted by Crippen LogP contribution is -2.13. The zero-order valence-electron chi connectivity index (χ0n) is 15.6. The molecule has 0 aliphatic heterocycles. The lowest BCUT2D eigenvalue weighted by atomic mass is 9.99. The third-order valence-electron chi connectivity index (χ3n) is 4.43. The zero-order chi connectivity index (χ0) is 19.6. The van der Waals surface area contributed by atoms with E-state index in [1.54, 1.807) is 36.7 Å². The van der Waals surface area contributed by atoms with Crippen LogP contribution in [0.1, 0.15) is 16.7 Å². The molecule has 0 atom stereocenters. The first-order valence-electron chi connectivity index (χ1n) is 9.32. The van der Waals surface area contributed by atoms with Gasteiger partial charge in [-0.05, 0) is 36.2 Å². The van der Waals surface area contributed by atoms with Crippen LogP contribution in [0.5, 0.6) is 11.5 Å². The number of hydrogen-bond acceptors (Lipinski definition) is 4. The monoisotopic (exact) mass is 372 g/mol. The van der Waals surface area contributed by atoms with Gasteiger partial charge in [-0.25, -0.2) is 0 Å². The Balaban J connectivity index is 1.68. The van der Waals surface area contributed by atoms with Gasteiger partial charge in [0, 0.05) is 42.6 Å². The van der Waals surface area contributed by atoms with Crippen LogP contribution in [0.4, 0.5) is 0 Å². The first-order valence-corrected chi connectivity index (χ1v) is 9.32. The van der Waals surface area contributed by atoms with Crippen molar-refractivity contribution in [1.82, 2.24) is 0 Å². The number of para-hydroxylation sites is 2. The second-order valence-corrected chi connectivity index (χ2v) is 6.66. The van der Waals surface area contributed by atoms with Gasteiger partial charge in [-0.3, -0.25) is 9.98 Å². The predicted octanol–water partition coefficient (Wildman–Crippen LogP) is 4.49. The van der Waals surface area contributed by atoms with Crippen LogP contribution in [-0.4, -0.2) is 35.7 Å². The Labute approximate surface area is 165 Å². The summed E-state index contributed by atoms with van der Waals surface area (Å²) in [7, 11) is 0. The van der Waals surface area contributed by atoms with Crippen LogP contribution in [0.25, 0.3) is 0 Å². The summed E-state index contributed by atoms with van der Waals surface area (Å²) in [5.74, 6) is 0.665. The molecule has 0 unspecified atom stereocenters. The molecule has 3 rings (SSSR count). The smallest absolute Gasteiger partial charge is 0.124 e. The fourth-order valence-corrected chi connectivity index (χ4v) is 2.93. The Bertz CT molecular complexity index is 879. The van der Waals surface area contributed by atoms with Gasteiger partial charge in [0.15, 0.2) is 0 Å². The zero-order valence-corrected chi connectivity index (χ0v) is 15.6. The van der Waals surface area contributed by atoms with Gasteiger partial charge in [-0.15, -0.1) is 0 Å². The Morgan fingerprint density at radius 3 is 1.61 bits per heavy atom. The maximum Gasteiger partial charge on any atom is 0.124 e. The van der Waals surface area contributed by atoms with Gasteiger partial charge in [0.2, 0.25) is 0 Å². The lowest BCUT2D eigenvalue weighted by Gasteiger charge is -2.12.